The van der Waals surface area contributed by atoms with Crippen LogP contribution in [0.15, 0.2) is 12.3 Å². The monoisotopic (exact) mass is 498 g/mol. The van der Waals surface area contributed by atoms with Gasteiger partial charge in [-0.1, -0.05) is 0 Å². The number of carboxylic acid groups (broad SMARTS) is 1. The van der Waals surface area contributed by atoms with Gasteiger partial charge in [0.15, 0.2) is 0 Å². The first-order chi connectivity index (χ1) is 16.2. The van der Waals surface area contributed by atoms with Crippen molar-refractivity contribution in [1.29, 1.82) is 0 Å². The van der Waals surface area contributed by atoms with E-state index < -0.39 is 34.9 Å². The van der Waals surface area contributed by atoms with Crippen LogP contribution in [0.5, 0.6) is 0 Å². The number of alkyl halides is 3. The van der Waals surface area contributed by atoms with Crippen LogP contribution in [-0.2, 0) is 28.7 Å². The first kappa shape index (κ1) is 25.1. The van der Waals surface area contributed by atoms with Gasteiger partial charge in [-0.05, 0) is 51.2 Å². The summed E-state index contributed by atoms with van der Waals surface area (Å²) in [4.78, 5) is 44.5. The summed E-state index contributed by atoms with van der Waals surface area (Å²) >= 11 is 0. The Morgan fingerprint density at radius 3 is 2.57 bits per heavy atom. The van der Waals surface area contributed by atoms with Crippen molar-refractivity contribution >= 4 is 18.1 Å². The van der Waals surface area contributed by atoms with Gasteiger partial charge in [0.25, 0.3) is 0 Å². The molecular formula is C23H29F3N4O5. The van der Waals surface area contributed by atoms with Gasteiger partial charge in [-0.2, -0.15) is 13.2 Å². The number of carbonyl (C=O) groups excluding carboxylic acids is 2. The highest BCUT2D eigenvalue weighted by atomic mass is 19.4. The fraction of sp³-hybridized carbons (Fsp3) is 0.652. The number of hydrogen-bond donors (Lipinski definition) is 2. The topological polar surface area (TPSA) is 112 Å². The fourth-order valence-electron chi connectivity index (χ4n) is 5.50. The summed E-state index contributed by atoms with van der Waals surface area (Å²) < 4.78 is 44.9. The number of rotatable bonds is 2. The lowest BCUT2D eigenvalue weighted by atomic mass is 9.78. The molecule has 4 rings (SSSR count). The van der Waals surface area contributed by atoms with Gasteiger partial charge in [-0.3, -0.25) is 9.78 Å². The number of likely N-dealkylation sites (tertiary alicyclic amines) is 1. The van der Waals surface area contributed by atoms with Gasteiger partial charge in [-0.25, -0.2) is 9.59 Å². The van der Waals surface area contributed by atoms with Crippen molar-refractivity contribution < 1.29 is 37.4 Å². The fourth-order valence-corrected chi connectivity index (χ4v) is 5.50. The number of pyridine rings is 1. The minimum absolute atomic E-state index is 0.0253. The number of hydrogen-bond acceptors (Lipinski definition) is 5. The van der Waals surface area contributed by atoms with Crippen LogP contribution in [0.2, 0.25) is 0 Å². The number of halogens is 3. The number of carbonyl (C=O) groups is 3. The molecule has 0 bridgehead atoms. The third kappa shape index (κ3) is 5.01. The molecule has 2 N–H and O–H groups in total. The molecule has 2 fully saturated rings. The van der Waals surface area contributed by atoms with Crippen LogP contribution in [0, 0.1) is 11.3 Å². The van der Waals surface area contributed by atoms with Crippen LogP contribution in [0.4, 0.5) is 22.8 Å². The second-order valence-electron chi connectivity index (χ2n) is 10.6. The normalized spacial score (nSPS) is 26.2. The Hall–Kier alpha value is -3.05. The van der Waals surface area contributed by atoms with Crippen LogP contribution in [0.3, 0.4) is 0 Å². The number of nitrogens with zero attached hydrogens (tertiary/aromatic N) is 3. The van der Waals surface area contributed by atoms with Crippen molar-refractivity contribution in [2.45, 2.75) is 64.4 Å². The average molecular weight is 499 g/mol. The molecule has 3 unspecified atom stereocenters. The Bertz CT molecular complexity index is 1040. The van der Waals surface area contributed by atoms with Crippen molar-refractivity contribution in [3.8, 4) is 0 Å². The number of alkyl carbamates (subject to hydrolysis) is 1. The molecule has 1 saturated carbocycles. The molecule has 0 radical (unpaired) electrons. The van der Waals surface area contributed by atoms with E-state index in [2.05, 4.69) is 10.3 Å². The van der Waals surface area contributed by atoms with Gasteiger partial charge in [-0.15, -0.1) is 0 Å². The van der Waals surface area contributed by atoms with Gasteiger partial charge in [0, 0.05) is 50.5 Å². The first-order valence-corrected chi connectivity index (χ1v) is 11.5. The van der Waals surface area contributed by atoms with Crippen LogP contribution in [-0.4, -0.2) is 69.3 Å². The molecule has 1 aliphatic carbocycles. The highest BCUT2D eigenvalue weighted by Gasteiger charge is 2.60. The number of nitrogens with one attached hydrogen (secondary N) is 1. The summed E-state index contributed by atoms with van der Waals surface area (Å²) in [6.45, 7) is 5.57. The summed E-state index contributed by atoms with van der Waals surface area (Å²) in [5.41, 5.74) is -1.78. The van der Waals surface area contributed by atoms with Crippen molar-refractivity contribution in [2.75, 3.05) is 19.6 Å². The maximum atomic E-state index is 13.8. The van der Waals surface area contributed by atoms with Crippen molar-refractivity contribution in [2.24, 2.45) is 11.3 Å². The first-order valence-electron chi connectivity index (χ1n) is 11.5. The number of ether oxygens (including phenoxy) is 1. The molecule has 0 spiro atoms. The minimum atomic E-state index is -4.54. The Morgan fingerprint density at radius 1 is 1.23 bits per heavy atom. The molecule has 1 saturated heterocycles. The van der Waals surface area contributed by atoms with Gasteiger partial charge in [0.1, 0.15) is 5.60 Å². The highest BCUT2D eigenvalue weighted by molar-refractivity contribution is 5.86. The van der Waals surface area contributed by atoms with Crippen LogP contribution >= 0.6 is 0 Å². The molecular weight excluding hydrogens is 469 g/mol. The van der Waals surface area contributed by atoms with Gasteiger partial charge < -0.3 is 25.0 Å². The zero-order valence-electron chi connectivity index (χ0n) is 19.8. The van der Waals surface area contributed by atoms with E-state index in [-0.39, 0.29) is 50.5 Å². The van der Waals surface area contributed by atoms with Crippen LogP contribution < -0.4 is 5.32 Å². The lowest BCUT2D eigenvalue weighted by Crippen LogP contribution is -2.49. The lowest BCUT2D eigenvalue weighted by Gasteiger charge is -2.37. The second-order valence-corrected chi connectivity index (χ2v) is 10.6. The van der Waals surface area contributed by atoms with E-state index in [4.69, 9.17) is 4.74 Å². The Morgan fingerprint density at radius 2 is 1.94 bits per heavy atom. The van der Waals surface area contributed by atoms with E-state index in [1.54, 1.807) is 20.8 Å². The zero-order valence-corrected chi connectivity index (χ0v) is 19.8. The highest BCUT2D eigenvalue weighted by Crippen LogP contribution is 2.50. The third-order valence-electron chi connectivity index (χ3n) is 6.95. The van der Waals surface area contributed by atoms with Gasteiger partial charge in [0.05, 0.1) is 11.0 Å². The van der Waals surface area contributed by atoms with Crippen molar-refractivity contribution in [1.82, 2.24) is 20.1 Å². The Kier molecular flexibility index (Phi) is 6.13. The largest absolute Gasteiger partial charge is 0.465 e. The predicted molar refractivity (Wildman–Crippen MR) is 116 cm³/mol. The van der Waals surface area contributed by atoms with E-state index >= 15 is 0 Å². The summed E-state index contributed by atoms with van der Waals surface area (Å²) in [6.07, 6.45) is -4.55. The maximum Gasteiger partial charge on any atom is 0.417 e. The molecule has 3 aliphatic rings. The zero-order chi connectivity index (χ0) is 25.8. The molecule has 35 heavy (non-hydrogen) atoms. The Labute approximate surface area is 200 Å². The Balaban J connectivity index is 1.55. The number of fused-ring (bicyclic) bond motifs is 2. The molecule has 2 aliphatic heterocycles. The number of amides is 3. The minimum Gasteiger partial charge on any atom is -0.465 e. The van der Waals surface area contributed by atoms with Crippen molar-refractivity contribution in [3.63, 3.8) is 0 Å². The van der Waals surface area contributed by atoms with Gasteiger partial charge >= 0.3 is 18.4 Å². The van der Waals surface area contributed by atoms with Crippen LogP contribution in [0.1, 0.15) is 50.4 Å². The molecule has 9 nitrogen and oxygen atoms in total. The average Bonchev–Trinajstić information content (AvgIpc) is 3.25. The van der Waals surface area contributed by atoms with E-state index in [1.807, 2.05) is 0 Å². The molecule has 192 valence electrons. The summed E-state index contributed by atoms with van der Waals surface area (Å²) in [5, 5.41) is 12.3. The summed E-state index contributed by atoms with van der Waals surface area (Å²) in [5.74, 6) is -0.630. The van der Waals surface area contributed by atoms with E-state index in [0.29, 0.717) is 24.1 Å². The summed E-state index contributed by atoms with van der Waals surface area (Å²) in [6, 6.07) is 0.640. The molecule has 3 amide bonds. The lowest BCUT2D eigenvalue weighted by molar-refractivity contribution is -0.143. The van der Waals surface area contributed by atoms with E-state index in [1.165, 1.54) is 9.80 Å². The molecule has 3 heterocycles. The SMILES string of the molecule is CC(C)(C)OC(=O)NC1CC2CN(C(=O)O)CC2(C(=O)N2CCc3ncc(C(F)(F)F)cc3C2)C1. The van der Waals surface area contributed by atoms with Crippen molar-refractivity contribution in [3.05, 3.63) is 29.1 Å². The third-order valence-corrected chi connectivity index (χ3v) is 6.95. The summed E-state index contributed by atoms with van der Waals surface area (Å²) in [7, 11) is 0. The number of aromatic nitrogens is 1. The van der Waals surface area contributed by atoms with Crippen LogP contribution in [0.25, 0.3) is 0 Å². The smallest absolute Gasteiger partial charge is 0.417 e. The molecule has 1 aromatic rings. The molecule has 1 aromatic heterocycles. The standard InChI is InChI=1S/C23H29F3N4O5/c1-21(2,3)35-19(32)28-16-7-15-11-30(20(33)34)12-22(15,8-16)18(31)29-5-4-17-13(10-29)6-14(9-27-17)23(24,25)26/h6,9,15-16H,4-5,7-8,10-12H2,1-3H3,(H,28,32)(H,33,34). The van der Waals surface area contributed by atoms with E-state index in [0.717, 1.165) is 12.3 Å². The van der Waals surface area contributed by atoms with E-state index in [9.17, 15) is 32.7 Å². The van der Waals surface area contributed by atoms with Gasteiger partial charge in [0.2, 0.25) is 5.91 Å². The molecule has 12 heteroatoms. The second kappa shape index (κ2) is 8.56. The maximum absolute atomic E-state index is 13.8. The molecule has 0 aromatic carbocycles. The molecule has 3 atom stereocenters. The predicted octanol–water partition coefficient (Wildman–Crippen LogP) is 3.27. The quantitative estimate of drug-likeness (QED) is 0.648.